The number of hydrogen-bond acceptors (Lipinski definition) is 5. The first-order chi connectivity index (χ1) is 17.7. The van der Waals surface area contributed by atoms with Crippen molar-refractivity contribution in [1.29, 1.82) is 0 Å². The first-order valence-corrected chi connectivity index (χ1v) is 12.3. The molecule has 0 aliphatic rings. The molecule has 0 aliphatic heterocycles. The van der Waals surface area contributed by atoms with E-state index in [4.69, 9.17) is 19.2 Å². The lowest BCUT2D eigenvalue weighted by Gasteiger charge is -2.11. The molecule has 0 fully saturated rings. The van der Waals surface area contributed by atoms with Gasteiger partial charge in [-0.25, -0.2) is 4.98 Å². The third-order valence-electron chi connectivity index (χ3n) is 6.05. The second kappa shape index (κ2) is 12.6. The monoisotopic (exact) mass is 487 g/mol. The topological polar surface area (TPSA) is 74.6 Å². The largest absolute Gasteiger partial charge is 0.497 e. The lowest BCUT2D eigenvalue weighted by Crippen LogP contribution is -2.25. The number of nitrogens with zero attached hydrogens (tertiary/aromatic N) is 2. The van der Waals surface area contributed by atoms with E-state index >= 15 is 0 Å². The zero-order valence-corrected chi connectivity index (χ0v) is 20.9. The second-order valence-corrected chi connectivity index (χ2v) is 8.46. The Morgan fingerprint density at radius 2 is 1.61 bits per heavy atom. The van der Waals surface area contributed by atoms with Crippen LogP contribution in [0.2, 0.25) is 0 Å². The Balaban J connectivity index is 1.29. The predicted octanol–water partition coefficient (Wildman–Crippen LogP) is 5.28. The SMILES string of the molecule is COc1ccc(OCCCCn2c(CCCNC(=O)c3ccccc3OC)nc3ccccc32)cc1. The number of aryl methyl sites for hydroxylation is 2. The standard InChI is InChI=1S/C29H33N3O4/c1-34-22-15-17-23(18-16-22)36-21-8-7-20-32-26-12-5-4-11-25(26)31-28(32)14-9-19-30-29(33)24-10-3-6-13-27(24)35-2/h3-6,10-13,15-18H,7-9,14,19-21H2,1-2H3,(H,30,33). The van der Waals surface area contributed by atoms with E-state index in [0.717, 1.165) is 60.6 Å². The van der Waals surface area contributed by atoms with E-state index in [9.17, 15) is 4.79 Å². The molecule has 4 aromatic rings. The number of rotatable bonds is 13. The number of benzene rings is 3. The van der Waals surface area contributed by atoms with Crippen LogP contribution in [0.1, 0.15) is 35.4 Å². The number of para-hydroxylation sites is 3. The Bertz CT molecular complexity index is 1270. The van der Waals surface area contributed by atoms with Crippen molar-refractivity contribution in [2.45, 2.75) is 32.2 Å². The summed E-state index contributed by atoms with van der Waals surface area (Å²) in [7, 11) is 3.23. The quantitative estimate of drug-likeness (QED) is 0.260. The minimum atomic E-state index is -0.127. The molecule has 3 aromatic carbocycles. The molecule has 36 heavy (non-hydrogen) atoms. The molecular formula is C29H33N3O4. The van der Waals surface area contributed by atoms with Gasteiger partial charge >= 0.3 is 0 Å². The van der Waals surface area contributed by atoms with Crippen molar-refractivity contribution >= 4 is 16.9 Å². The summed E-state index contributed by atoms with van der Waals surface area (Å²) in [6.45, 7) is 2.09. The normalized spacial score (nSPS) is 10.8. The number of carbonyl (C=O) groups is 1. The number of unbranched alkanes of at least 4 members (excludes halogenated alkanes) is 1. The third-order valence-corrected chi connectivity index (χ3v) is 6.05. The number of aromatic nitrogens is 2. The van der Waals surface area contributed by atoms with Crippen LogP contribution in [-0.4, -0.2) is 42.8 Å². The van der Waals surface area contributed by atoms with Crippen LogP contribution in [0.5, 0.6) is 17.2 Å². The number of ether oxygens (including phenoxy) is 3. The summed E-state index contributed by atoms with van der Waals surface area (Å²) in [4.78, 5) is 17.4. The molecule has 0 unspecified atom stereocenters. The summed E-state index contributed by atoms with van der Waals surface area (Å²) in [6.07, 6.45) is 3.50. The van der Waals surface area contributed by atoms with Crippen LogP contribution in [0.3, 0.4) is 0 Å². The molecule has 0 atom stereocenters. The number of carbonyl (C=O) groups excluding carboxylic acids is 1. The van der Waals surface area contributed by atoms with Crippen molar-refractivity contribution in [2.75, 3.05) is 27.4 Å². The van der Waals surface area contributed by atoms with Crippen LogP contribution < -0.4 is 19.5 Å². The molecule has 1 N–H and O–H groups in total. The smallest absolute Gasteiger partial charge is 0.255 e. The van der Waals surface area contributed by atoms with Crippen molar-refractivity contribution in [3.63, 3.8) is 0 Å². The molecule has 0 aliphatic carbocycles. The summed E-state index contributed by atoms with van der Waals surface area (Å²) < 4.78 is 18.6. The maximum atomic E-state index is 12.6. The van der Waals surface area contributed by atoms with E-state index in [0.29, 0.717) is 24.5 Å². The first-order valence-electron chi connectivity index (χ1n) is 12.3. The fourth-order valence-electron chi connectivity index (χ4n) is 4.18. The lowest BCUT2D eigenvalue weighted by atomic mass is 10.2. The molecule has 1 aromatic heterocycles. The number of fused-ring (bicyclic) bond motifs is 1. The van der Waals surface area contributed by atoms with Crippen molar-refractivity contribution in [2.24, 2.45) is 0 Å². The Morgan fingerprint density at radius 1 is 0.861 bits per heavy atom. The van der Waals surface area contributed by atoms with Crippen molar-refractivity contribution in [1.82, 2.24) is 14.9 Å². The van der Waals surface area contributed by atoms with Gasteiger partial charge in [-0.3, -0.25) is 4.79 Å². The first kappa shape index (κ1) is 25.1. The fraction of sp³-hybridized carbons (Fsp3) is 0.310. The van der Waals surface area contributed by atoms with Gasteiger partial charge in [-0.1, -0.05) is 24.3 Å². The number of methoxy groups -OCH3 is 2. The van der Waals surface area contributed by atoms with Crippen molar-refractivity contribution in [3.8, 4) is 17.2 Å². The van der Waals surface area contributed by atoms with Crippen LogP contribution in [0.25, 0.3) is 11.0 Å². The highest BCUT2D eigenvalue weighted by atomic mass is 16.5. The summed E-state index contributed by atoms with van der Waals surface area (Å²) in [5.74, 6) is 3.16. The molecule has 0 spiro atoms. The maximum Gasteiger partial charge on any atom is 0.255 e. The summed E-state index contributed by atoms with van der Waals surface area (Å²) in [5.41, 5.74) is 2.69. The van der Waals surface area contributed by atoms with Gasteiger partial charge in [0.1, 0.15) is 23.1 Å². The van der Waals surface area contributed by atoms with Crippen LogP contribution >= 0.6 is 0 Å². The Morgan fingerprint density at radius 3 is 2.42 bits per heavy atom. The average Bonchev–Trinajstić information content (AvgIpc) is 3.28. The Kier molecular flexibility index (Phi) is 8.81. The van der Waals surface area contributed by atoms with Crippen LogP contribution in [-0.2, 0) is 13.0 Å². The Labute approximate surface area is 212 Å². The summed E-state index contributed by atoms with van der Waals surface area (Å²) >= 11 is 0. The Hall–Kier alpha value is -4.00. The van der Waals surface area contributed by atoms with Crippen LogP contribution in [0.15, 0.2) is 72.8 Å². The maximum absolute atomic E-state index is 12.6. The van der Waals surface area contributed by atoms with E-state index in [1.165, 1.54) is 0 Å². The molecule has 7 nitrogen and oxygen atoms in total. The predicted molar refractivity (Wildman–Crippen MR) is 141 cm³/mol. The zero-order chi connectivity index (χ0) is 25.2. The van der Waals surface area contributed by atoms with E-state index < -0.39 is 0 Å². The minimum Gasteiger partial charge on any atom is -0.497 e. The highest BCUT2D eigenvalue weighted by molar-refractivity contribution is 5.96. The van der Waals surface area contributed by atoms with E-state index in [1.54, 1.807) is 26.4 Å². The van der Waals surface area contributed by atoms with Gasteiger partial charge in [-0.2, -0.15) is 0 Å². The third kappa shape index (κ3) is 6.36. The number of imidazole rings is 1. The number of amides is 1. The zero-order valence-electron chi connectivity index (χ0n) is 20.9. The van der Waals surface area contributed by atoms with Gasteiger partial charge < -0.3 is 24.1 Å². The van der Waals surface area contributed by atoms with Gasteiger partial charge in [0.05, 0.1) is 37.4 Å². The van der Waals surface area contributed by atoms with Gasteiger partial charge in [0, 0.05) is 19.5 Å². The van der Waals surface area contributed by atoms with Gasteiger partial charge in [-0.15, -0.1) is 0 Å². The molecule has 0 saturated carbocycles. The van der Waals surface area contributed by atoms with Gasteiger partial charge in [0.2, 0.25) is 0 Å². The van der Waals surface area contributed by atoms with Gasteiger partial charge in [-0.05, 0) is 67.8 Å². The van der Waals surface area contributed by atoms with Crippen LogP contribution in [0, 0.1) is 0 Å². The summed E-state index contributed by atoms with van der Waals surface area (Å²) in [6, 6.07) is 23.1. The van der Waals surface area contributed by atoms with Crippen molar-refractivity contribution in [3.05, 3.63) is 84.2 Å². The molecule has 1 heterocycles. The minimum absolute atomic E-state index is 0.127. The molecule has 0 saturated heterocycles. The molecular weight excluding hydrogens is 454 g/mol. The van der Waals surface area contributed by atoms with Crippen LogP contribution in [0.4, 0.5) is 0 Å². The van der Waals surface area contributed by atoms with Gasteiger partial charge in [0.15, 0.2) is 0 Å². The van der Waals surface area contributed by atoms with E-state index in [-0.39, 0.29) is 5.91 Å². The fourth-order valence-corrected chi connectivity index (χ4v) is 4.18. The molecule has 1 amide bonds. The summed E-state index contributed by atoms with van der Waals surface area (Å²) in [5, 5.41) is 3.00. The lowest BCUT2D eigenvalue weighted by molar-refractivity contribution is 0.0950. The highest BCUT2D eigenvalue weighted by Crippen LogP contribution is 2.20. The molecule has 0 bridgehead atoms. The highest BCUT2D eigenvalue weighted by Gasteiger charge is 2.13. The second-order valence-electron chi connectivity index (χ2n) is 8.46. The molecule has 188 valence electrons. The molecule has 7 heteroatoms. The number of nitrogens with one attached hydrogen (secondary N) is 1. The van der Waals surface area contributed by atoms with Gasteiger partial charge in [0.25, 0.3) is 5.91 Å². The van der Waals surface area contributed by atoms with E-state index in [1.807, 2.05) is 54.6 Å². The van der Waals surface area contributed by atoms with E-state index in [2.05, 4.69) is 16.0 Å². The molecule has 4 rings (SSSR count). The van der Waals surface area contributed by atoms with Crippen molar-refractivity contribution < 1.29 is 19.0 Å². The number of hydrogen-bond donors (Lipinski definition) is 1. The molecule has 0 radical (unpaired) electrons. The average molecular weight is 488 g/mol.